The van der Waals surface area contributed by atoms with Crippen LogP contribution in [0.1, 0.15) is 17.7 Å². The number of hydrogen-bond donors (Lipinski definition) is 0. The number of halogens is 4. The van der Waals surface area contributed by atoms with E-state index in [2.05, 4.69) is 4.98 Å². The van der Waals surface area contributed by atoms with Gasteiger partial charge in [-0.05, 0) is 0 Å². The van der Waals surface area contributed by atoms with Crippen molar-refractivity contribution in [3.63, 3.8) is 0 Å². The Morgan fingerprint density at radius 2 is 2.20 bits per heavy atom. The van der Waals surface area contributed by atoms with Crippen LogP contribution in [0.15, 0.2) is 6.07 Å². The van der Waals surface area contributed by atoms with Gasteiger partial charge < -0.3 is 0 Å². The van der Waals surface area contributed by atoms with Gasteiger partial charge in [-0.1, -0.05) is 11.6 Å². The molecule has 0 saturated carbocycles. The third kappa shape index (κ3) is 2.51. The molecule has 8 heteroatoms. The fourth-order valence-corrected chi connectivity index (χ4v) is 1.38. The smallest absolute Gasteiger partial charge is 0.258 e. The fourth-order valence-electron chi connectivity index (χ4n) is 0.940. The molecule has 0 atom stereocenters. The highest BCUT2D eigenvalue weighted by Gasteiger charge is 2.22. The van der Waals surface area contributed by atoms with E-state index in [0.29, 0.717) is 6.07 Å². The van der Waals surface area contributed by atoms with E-state index in [-0.39, 0.29) is 11.6 Å². The van der Waals surface area contributed by atoms with Gasteiger partial charge in [0.2, 0.25) is 0 Å². The number of pyridine rings is 1. The van der Waals surface area contributed by atoms with Crippen LogP contribution in [0, 0.1) is 10.1 Å². The van der Waals surface area contributed by atoms with Crippen LogP contribution in [-0.4, -0.2) is 9.91 Å². The summed E-state index contributed by atoms with van der Waals surface area (Å²) in [5, 5.41) is 10.0. The van der Waals surface area contributed by atoms with E-state index in [1.807, 2.05) is 0 Å². The first kappa shape index (κ1) is 12.1. The maximum Gasteiger partial charge on any atom is 0.292 e. The summed E-state index contributed by atoms with van der Waals surface area (Å²) in [6.45, 7) is 0. The lowest BCUT2D eigenvalue weighted by Gasteiger charge is -2.04. The van der Waals surface area contributed by atoms with E-state index in [4.69, 9.17) is 23.2 Å². The van der Waals surface area contributed by atoms with Gasteiger partial charge in [-0.2, -0.15) is 0 Å². The van der Waals surface area contributed by atoms with Crippen molar-refractivity contribution in [1.82, 2.24) is 4.98 Å². The molecular formula is C7H4Cl2F2N2O2. The van der Waals surface area contributed by atoms with Crippen LogP contribution in [0.4, 0.5) is 14.5 Å². The van der Waals surface area contributed by atoms with Crippen molar-refractivity contribution >= 4 is 28.9 Å². The zero-order chi connectivity index (χ0) is 11.6. The largest absolute Gasteiger partial charge is 0.292 e. The van der Waals surface area contributed by atoms with Crippen molar-refractivity contribution in [2.24, 2.45) is 0 Å². The molecule has 0 bridgehead atoms. The Labute approximate surface area is 93.0 Å². The van der Waals surface area contributed by atoms with Crippen LogP contribution < -0.4 is 0 Å². The van der Waals surface area contributed by atoms with E-state index in [1.54, 1.807) is 0 Å². The molecule has 0 aromatic carbocycles. The monoisotopic (exact) mass is 256 g/mol. The second kappa shape index (κ2) is 4.67. The van der Waals surface area contributed by atoms with Gasteiger partial charge >= 0.3 is 0 Å². The van der Waals surface area contributed by atoms with Crippen LogP contribution in [0.2, 0.25) is 5.15 Å². The quantitative estimate of drug-likeness (QED) is 0.361. The minimum atomic E-state index is -2.91. The molecule has 1 heterocycles. The van der Waals surface area contributed by atoms with Crippen molar-refractivity contribution in [1.29, 1.82) is 0 Å². The summed E-state index contributed by atoms with van der Waals surface area (Å²) in [7, 11) is 0. The molecule has 1 rings (SSSR count). The molecule has 0 unspecified atom stereocenters. The summed E-state index contributed by atoms with van der Waals surface area (Å²) in [6.07, 6.45) is -2.91. The van der Waals surface area contributed by atoms with Crippen molar-refractivity contribution in [2.75, 3.05) is 0 Å². The van der Waals surface area contributed by atoms with Crippen LogP contribution >= 0.6 is 23.2 Å². The average Bonchev–Trinajstić information content (AvgIpc) is 2.16. The Balaban J connectivity index is 3.37. The minimum Gasteiger partial charge on any atom is -0.258 e. The molecule has 1 aromatic rings. The molecule has 0 aliphatic carbocycles. The van der Waals surface area contributed by atoms with Gasteiger partial charge in [0.25, 0.3) is 12.1 Å². The van der Waals surface area contributed by atoms with Crippen molar-refractivity contribution in [2.45, 2.75) is 12.3 Å². The molecule has 0 aliphatic heterocycles. The van der Waals surface area contributed by atoms with Gasteiger partial charge in [0.1, 0.15) is 10.8 Å². The van der Waals surface area contributed by atoms with Crippen LogP contribution in [0.3, 0.4) is 0 Å². The molecule has 4 nitrogen and oxygen atoms in total. The Morgan fingerprint density at radius 3 is 2.60 bits per heavy atom. The molecule has 82 valence electrons. The number of hydrogen-bond acceptors (Lipinski definition) is 3. The molecule has 15 heavy (non-hydrogen) atoms. The summed E-state index contributed by atoms with van der Waals surface area (Å²) in [6, 6.07) is 0.692. The molecule has 0 saturated heterocycles. The Bertz CT molecular complexity index is 401. The van der Waals surface area contributed by atoms with E-state index >= 15 is 0 Å². The number of rotatable bonds is 3. The van der Waals surface area contributed by atoms with Gasteiger partial charge in [0, 0.05) is 6.07 Å². The van der Waals surface area contributed by atoms with Crippen LogP contribution in [-0.2, 0) is 5.88 Å². The highest BCUT2D eigenvalue weighted by Crippen LogP contribution is 2.31. The van der Waals surface area contributed by atoms with Crippen LogP contribution in [0.25, 0.3) is 0 Å². The maximum absolute atomic E-state index is 12.3. The van der Waals surface area contributed by atoms with E-state index in [9.17, 15) is 18.9 Å². The number of aromatic nitrogens is 1. The predicted octanol–water partition coefficient (Wildman–Crippen LogP) is 3.32. The third-order valence-corrected chi connectivity index (χ3v) is 2.17. The molecule has 0 N–H and O–H groups in total. The van der Waals surface area contributed by atoms with E-state index in [0.717, 1.165) is 0 Å². The van der Waals surface area contributed by atoms with Gasteiger partial charge in [0.05, 0.1) is 16.4 Å². The molecule has 0 fully saturated rings. The van der Waals surface area contributed by atoms with Gasteiger partial charge in [-0.25, -0.2) is 13.8 Å². The first-order chi connectivity index (χ1) is 6.97. The molecular weight excluding hydrogens is 253 g/mol. The fraction of sp³-hybridized carbons (Fsp3) is 0.286. The summed E-state index contributed by atoms with van der Waals surface area (Å²) < 4.78 is 24.7. The summed E-state index contributed by atoms with van der Waals surface area (Å²) in [5.41, 5.74) is -1.35. The highest BCUT2D eigenvalue weighted by atomic mass is 35.5. The number of nitrogens with zero attached hydrogens (tertiary/aromatic N) is 2. The van der Waals surface area contributed by atoms with E-state index < -0.39 is 27.8 Å². The lowest BCUT2D eigenvalue weighted by atomic mass is 10.2. The van der Waals surface area contributed by atoms with Gasteiger partial charge in [0.15, 0.2) is 0 Å². The SMILES string of the molecule is O=[N+]([O-])c1cc(C(F)F)c(Cl)nc1CCl. The lowest BCUT2D eigenvalue weighted by Crippen LogP contribution is -2.00. The minimum absolute atomic E-state index is 0.129. The normalized spacial score (nSPS) is 10.7. The summed E-state index contributed by atoms with van der Waals surface area (Å²) >= 11 is 10.8. The lowest BCUT2D eigenvalue weighted by molar-refractivity contribution is -0.385. The standard InChI is InChI=1S/C7H4Cl2F2N2O2/c8-2-4-5(13(14)15)1-3(7(10)11)6(9)12-4/h1,7H,2H2. The van der Waals surface area contributed by atoms with E-state index in [1.165, 1.54) is 0 Å². The summed E-state index contributed by atoms with van der Waals surface area (Å²) in [4.78, 5) is 13.1. The predicted molar refractivity (Wildman–Crippen MR) is 50.4 cm³/mol. The first-order valence-electron chi connectivity index (χ1n) is 3.65. The second-order valence-corrected chi connectivity index (χ2v) is 3.15. The first-order valence-corrected chi connectivity index (χ1v) is 4.56. The number of alkyl halides is 3. The Morgan fingerprint density at radius 1 is 1.60 bits per heavy atom. The average molecular weight is 257 g/mol. The topological polar surface area (TPSA) is 56.0 Å². The van der Waals surface area contributed by atoms with Gasteiger partial charge in [-0.15, -0.1) is 11.6 Å². The Hall–Kier alpha value is -1.01. The van der Waals surface area contributed by atoms with Crippen molar-refractivity contribution in [3.8, 4) is 0 Å². The van der Waals surface area contributed by atoms with Gasteiger partial charge in [-0.3, -0.25) is 10.1 Å². The zero-order valence-electron chi connectivity index (χ0n) is 7.08. The third-order valence-electron chi connectivity index (χ3n) is 1.62. The molecule has 0 spiro atoms. The molecule has 0 radical (unpaired) electrons. The zero-order valence-corrected chi connectivity index (χ0v) is 8.60. The van der Waals surface area contributed by atoms with Crippen LogP contribution in [0.5, 0.6) is 0 Å². The molecule has 0 aliphatic rings. The van der Waals surface area contributed by atoms with Crippen molar-refractivity contribution in [3.05, 3.63) is 32.6 Å². The second-order valence-electron chi connectivity index (χ2n) is 2.53. The maximum atomic E-state index is 12.3. The molecule has 1 aromatic heterocycles. The van der Waals surface area contributed by atoms with Crippen molar-refractivity contribution < 1.29 is 13.7 Å². The Kier molecular flexibility index (Phi) is 3.76. The number of nitro groups is 1. The highest BCUT2D eigenvalue weighted by molar-refractivity contribution is 6.30. The molecule has 0 amide bonds. The summed E-state index contributed by atoms with van der Waals surface area (Å²) in [5.74, 6) is -0.264.